The van der Waals surface area contributed by atoms with Crippen LogP contribution in [-0.2, 0) is 14.8 Å². The summed E-state index contributed by atoms with van der Waals surface area (Å²) in [6.07, 6.45) is 3.10. The number of thiazole rings is 1. The van der Waals surface area contributed by atoms with E-state index in [1.165, 1.54) is 39.9 Å². The minimum Gasteiger partial charge on any atom is -0.337 e. The molecule has 0 radical (unpaired) electrons. The number of hydrogen-bond acceptors (Lipinski definition) is 5. The summed E-state index contributed by atoms with van der Waals surface area (Å²) < 4.78 is 26.9. The molecule has 1 aliphatic rings. The zero-order chi connectivity index (χ0) is 18.7. The van der Waals surface area contributed by atoms with Crippen molar-refractivity contribution >= 4 is 56.5 Å². The van der Waals surface area contributed by atoms with Gasteiger partial charge in [0.05, 0.1) is 16.2 Å². The molecule has 0 bridgehead atoms. The molecular weight excluding hydrogens is 417 g/mol. The van der Waals surface area contributed by atoms with E-state index in [0.717, 1.165) is 5.69 Å². The molecule has 0 spiro atoms. The van der Waals surface area contributed by atoms with Crippen LogP contribution >= 0.6 is 34.5 Å². The van der Waals surface area contributed by atoms with Crippen molar-refractivity contribution in [3.63, 3.8) is 0 Å². The van der Waals surface area contributed by atoms with Gasteiger partial charge in [-0.3, -0.25) is 4.79 Å². The number of benzene rings is 1. The number of rotatable bonds is 4. The van der Waals surface area contributed by atoms with E-state index >= 15 is 0 Å². The summed E-state index contributed by atoms with van der Waals surface area (Å²) in [5.74, 6) is -0.171. The number of piperazine rings is 1. The van der Waals surface area contributed by atoms with Gasteiger partial charge in [-0.15, -0.1) is 11.3 Å². The second kappa shape index (κ2) is 8.06. The second-order valence-electron chi connectivity index (χ2n) is 5.55. The van der Waals surface area contributed by atoms with E-state index in [9.17, 15) is 13.2 Å². The lowest BCUT2D eigenvalue weighted by molar-refractivity contribution is -0.127. The van der Waals surface area contributed by atoms with Crippen LogP contribution in [0.1, 0.15) is 5.69 Å². The van der Waals surface area contributed by atoms with Gasteiger partial charge in [0.25, 0.3) is 0 Å². The summed E-state index contributed by atoms with van der Waals surface area (Å²) >= 11 is 13.4. The Bertz CT molecular complexity index is 922. The molecule has 1 fully saturated rings. The molecule has 0 unspecified atom stereocenters. The molecule has 1 aromatic heterocycles. The fraction of sp³-hybridized carbons (Fsp3) is 0.250. The maximum absolute atomic E-state index is 12.8. The van der Waals surface area contributed by atoms with Crippen LogP contribution in [-0.4, -0.2) is 54.7 Å². The maximum Gasteiger partial charge on any atom is 0.246 e. The Balaban J connectivity index is 1.66. The predicted molar refractivity (Wildman–Crippen MR) is 103 cm³/mol. The third-order valence-electron chi connectivity index (χ3n) is 3.91. The lowest BCUT2D eigenvalue weighted by Gasteiger charge is -2.33. The van der Waals surface area contributed by atoms with Crippen molar-refractivity contribution in [3.05, 3.63) is 50.9 Å². The standard InChI is InChI=1S/C16H15Cl2N3O3S2/c17-12-1-3-14(18)15(9-12)26(23,24)21-7-5-20(6-8-21)16(22)4-2-13-10-25-11-19-13/h1-4,9-11H,5-8H2/b4-2+. The van der Waals surface area contributed by atoms with Crippen LogP contribution < -0.4 is 0 Å². The first-order chi connectivity index (χ1) is 12.4. The first-order valence-corrected chi connectivity index (χ1v) is 10.8. The highest BCUT2D eigenvalue weighted by Gasteiger charge is 2.31. The third-order valence-corrected chi connectivity index (χ3v) is 7.13. The van der Waals surface area contributed by atoms with E-state index in [1.807, 2.05) is 5.38 Å². The van der Waals surface area contributed by atoms with Gasteiger partial charge >= 0.3 is 0 Å². The molecule has 2 aromatic rings. The number of halogens is 2. The largest absolute Gasteiger partial charge is 0.337 e. The van der Waals surface area contributed by atoms with Crippen molar-refractivity contribution in [3.8, 4) is 0 Å². The third kappa shape index (κ3) is 4.27. The van der Waals surface area contributed by atoms with Crippen molar-refractivity contribution in [1.82, 2.24) is 14.2 Å². The predicted octanol–water partition coefficient (Wildman–Crippen LogP) is 3.00. The van der Waals surface area contributed by atoms with Crippen molar-refractivity contribution < 1.29 is 13.2 Å². The highest BCUT2D eigenvalue weighted by atomic mass is 35.5. The fourth-order valence-electron chi connectivity index (χ4n) is 2.53. The Labute approximate surface area is 165 Å². The average Bonchev–Trinajstić information content (AvgIpc) is 3.15. The summed E-state index contributed by atoms with van der Waals surface area (Å²) in [4.78, 5) is 17.9. The summed E-state index contributed by atoms with van der Waals surface area (Å²) in [6.45, 7) is 0.998. The van der Waals surface area contributed by atoms with E-state index in [0.29, 0.717) is 18.1 Å². The number of amides is 1. The van der Waals surface area contributed by atoms with Crippen molar-refractivity contribution in [2.24, 2.45) is 0 Å². The normalized spacial score (nSPS) is 16.3. The summed E-state index contributed by atoms with van der Waals surface area (Å²) in [7, 11) is -3.76. The number of carbonyl (C=O) groups excluding carboxylic acids is 1. The van der Waals surface area contributed by atoms with E-state index < -0.39 is 10.0 Å². The smallest absolute Gasteiger partial charge is 0.246 e. The van der Waals surface area contributed by atoms with E-state index in [4.69, 9.17) is 23.2 Å². The Morgan fingerprint density at radius 1 is 1.19 bits per heavy atom. The highest BCUT2D eigenvalue weighted by molar-refractivity contribution is 7.89. The molecule has 10 heteroatoms. The average molecular weight is 432 g/mol. The van der Waals surface area contributed by atoms with Crippen LogP contribution in [0.3, 0.4) is 0 Å². The lowest BCUT2D eigenvalue weighted by atomic mass is 10.3. The van der Waals surface area contributed by atoms with E-state index in [-0.39, 0.29) is 28.9 Å². The number of aromatic nitrogens is 1. The van der Waals surface area contributed by atoms with Crippen molar-refractivity contribution in [2.45, 2.75) is 4.90 Å². The molecule has 1 aromatic carbocycles. The first-order valence-electron chi connectivity index (χ1n) is 7.68. The summed E-state index contributed by atoms with van der Waals surface area (Å²) in [5, 5.41) is 2.26. The monoisotopic (exact) mass is 431 g/mol. The van der Waals surface area contributed by atoms with Gasteiger partial charge in [0.2, 0.25) is 15.9 Å². The van der Waals surface area contributed by atoms with Crippen molar-refractivity contribution in [2.75, 3.05) is 26.2 Å². The molecular formula is C16H15Cl2N3O3S2. The highest BCUT2D eigenvalue weighted by Crippen LogP contribution is 2.28. The molecule has 0 aliphatic carbocycles. The zero-order valence-corrected chi connectivity index (χ0v) is 16.7. The summed E-state index contributed by atoms with van der Waals surface area (Å²) in [5.41, 5.74) is 2.41. The minimum atomic E-state index is -3.76. The lowest BCUT2D eigenvalue weighted by Crippen LogP contribution is -2.50. The van der Waals surface area contributed by atoms with E-state index in [2.05, 4.69) is 4.98 Å². The summed E-state index contributed by atoms with van der Waals surface area (Å²) in [6, 6.07) is 4.33. The number of nitrogens with zero attached hydrogens (tertiary/aromatic N) is 3. The van der Waals surface area contributed by atoms with Gasteiger partial charge in [0.1, 0.15) is 4.90 Å². The van der Waals surface area contributed by atoms with Gasteiger partial charge in [-0.1, -0.05) is 23.2 Å². The van der Waals surface area contributed by atoms with Crippen LogP contribution in [0, 0.1) is 0 Å². The quantitative estimate of drug-likeness (QED) is 0.697. The Kier molecular flexibility index (Phi) is 5.99. The molecule has 1 amide bonds. The minimum absolute atomic E-state index is 0.0186. The maximum atomic E-state index is 12.8. The molecule has 3 rings (SSSR count). The van der Waals surface area contributed by atoms with Crippen molar-refractivity contribution in [1.29, 1.82) is 0 Å². The van der Waals surface area contributed by atoms with Gasteiger partial charge in [0.15, 0.2) is 0 Å². The number of sulfonamides is 1. The van der Waals surface area contributed by atoms with Gasteiger partial charge in [-0.25, -0.2) is 13.4 Å². The molecule has 0 atom stereocenters. The van der Waals surface area contributed by atoms with Crippen LogP contribution in [0.15, 0.2) is 40.1 Å². The second-order valence-corrected chi connectivity index (χ2v) is 9.02. The van der Waals surface area contributed by atoms with Gasteiger partial charge in [0, 0.05) is 42.7 Å². The molecule has 0 saturated carbocycles. The van der Waals surface area contributed by atoms with Crippen LogP contribution in [0.5, 0.6) is 0 Å². The van der Waals surface area contributed by atoms with Gasteiger partial charge < -0.3 is 4.90 Å². The van der Waals surface area contributed by atoms with Gasteiger partial charge in [-0.05, 0) is 24.3 Å². The molecule has 0 N–H and O–H groups in total. The molecule has 138 valence electrons. The molecule has 1 aliphatic heterocycles. The van der Waals surface area contributed by atoms with Crippen LogP contribution in [0.4, 0.5) is 0 Å². The molecule has 1 saturated heterocycles. The first kappa shape index (κ1) is 19.3. The van der Waals surface area contributed by atoms with Gasteiger partial charge in [-0.2, -0.15) is 4.31 Å². The van der Waals surface area contributed by atoms with Crippen LogP contribution in [0.2, 0.25) is 10.0 Å². The fourth-order valence-corrected chi connectivity index (χ4v) is 5.21. The molecule has 6 nitrogen and oxygen atoms in total. The SMILES string of the molecule is O=C(/C=C/c1cscn1)N1CCN(S(=O)(=O)c2cc(Cl)ccc2Cl)CC1. The number of hydrogen-bond donors (Lipinski definition) is 0. The van der Waals surface area contributed by atoms with E-state index in [1.54, 1.807) is 16.5 Å². The number of carbonyl (C=O) groups is 1. The molecule has 2 heterocycles. The van der Waals surface area contributed by atoms with Crippen LogP contribution in [0.25, 0.3) is 6.08 Å². The molecule has 26 heavy (non-hydrogen) atoms. The Hall–Kier alpha value is -1.45. The Morgan fingerprint density at radius 2 is 1.92 bits per heavy atom. The topological polar surface area (TPSA) is 70.6 Å². The zero-order valence-electron chi connectivity index (χ0n) is 13.5. The Morgan fingerprint density at radius 3 is 2.58 bits per heavy atom.